The Kier molecular flexibility index (Phi) is 3.94. The summed E-state index contributed by atoms with van der Waals surface area (Å²) in [4.78, 5) is 12.8. The number of rotatable bonds is 4. The molecule has 21 heavy (non-hydrogen) atoms. The van der Waals surface area contributed by atoms with Crippen molar-refractivity contribution in [3.8, 4) is 11.4 Å². The summed E-state index contributed by atoms with van der Waals surface area (Å²) in [6.07, 6.45) is 0.151. The fourth-order valence-corrected chi connectivity index (χ4v) is 3.13. The molecule has 0 spiro atoms. The van der Waals surface area contributed by atoms with Crippen molar-refractivity contribution in [3.63, 3.8) is 0 Å². The minimum atomic E-state index is -0.770. The van der Waals surface area contributed by atoms with Gasteiger partial charge < -0.3 is 5.11 Å². The molecule has 1 aromatic carbocycles. The summed E-state index contributed by atoms with van der Waals surface area (Å²) < 4.78 is 2.04. The van der Waals surface area contributed by atoms with Crippen LogP contribution < -0.4 is 0 Å². The first-order valence-electron chi connectivity index (χ1n) is 6.70. The maximum atomic E-state index is 10.7. The van der Waals surface area contributed by atoms with Gasteiger partial charge in [0.25, 0.3) is 0 Å². The molecule has 3 rings (SSSR count). The second-order valence-electron chi connectivity index (χ2n) is 5.05. The number of carboxylic acids is 1. The van der Waals surface area contributed by atoms with Gasteiger partial charge in [0.05, 0.1) is 19.0 Å². The number of nitrogens with zero attached hydrogens (tertiary/aromatic N) is 4. The molecule has 1 aliphatic heterocycles. The molecule has 110 valence electrons. The Morgan fingerprint density at radius 2 is 2.10 bits per heavy atom. The van der Waals surface area contributed by atoms with Crippen LogP contribution in [0.4, 0.5) is 0 Å². The van der Waals surface area contributed by atoms with Crippen LogP contribution in [-0.4, -0.2) is 43.2 Å². The topological polar surface area (TPSA) is 71.2 Å². The molecule has 7 heteroatoms. The molecule has 0 amide bonds. The van der Waals surface area contributed by atoms with E-state index >= 15 is 0 Å². The number of carbonyl (C=O) groups is 1. The smallest absolute Gasteiger partial charge is 0.304 e. The van der Waals surface area contributed by atoms with Gasteiger partial charge in [-0.25, -0.2) is 0 Å². The summed E-state index contributed by atoms with van der Waals surface area (Å²) in [5.41, 5.74) is 2.23. The quantitative estimate of drug-likeness (QED) is 0.932. The third kappa shape index (κ3) is 3.08. The van der Waals surface area contributed by atoms with Gasteiger partial charge in [-0.05, 0) is 6.92 Å². The standard InChI is InChI=1S/C14H16N4O2S/c1-10-2-4-11(5-3-10)13-15-16-14-18(13)8-17(9-21-14)7-6-12(19)20/h2-5H,6-9H2,1H3,(H,19,20). The summed E-state index contributed by atoms with van der Waals surface area (Å²) in [6, 6.07) is 8.17. The van der Waals surface area contributed by atoms with Gasteiger partial charge in [0.15, 0.2) is 11.0 Å². The number of aryl methyl sites for hydroxylation is 1. The van der Waals surface area contributed by atoms with Crippen LogP contribution in [0.1, 0.15) is 12.0 Å². The normalized spacial score (nSPS) is 14.9. The molecule has 6 nitrogen and oxygen atoms in total. The SMILES string of the molecule is Cc1ccc(-c2nnc3n2CN(CCC(=O)O)CS3)cc1. The highest BCUT2D eigenvalue weighted by molar-refractivity contribution is 7.99. The minimum Gasteiger partial charge on any atom is -0.481 e. The summed E-state index contributed by atoms with van der Waals surface area (Å²) in [5.74, 6) is 0.810. The van der Waals surface area contributed by atoms with Crippen molar-refractivity contribution in [3.05, 3.63) is 29.8 Å². The number of benzene rings is 1. The van der Waals surface area contributed by atoms with Crippen molar-refractivity contribution < 1.29 is 9.90 Å². The first-order valence-corrected chi connectivity index (χ1v) is 7.69. The van der Waals surface area contributed by atoms with Crippen molar-refractivity contribution in [1.82, 2.24) is 19.7 Å². The molecule has 0 saturated heterocycles. The Morgan fingerprint density at radius 3 is 2.81 bits per heavy atom. The Balaban J connectivity index is 1.82. The van der Waals surface area contributed by atoms with Crippen LogP contribution in [0.25, 0.3) is 11.4 Å². The molecule has 0 bridgehead atoms. The zero-order valence-electron chi connectivity index (χ0n) is 11.7. The molecule has 0 unspecified atom stereocenters. The van der Waals surface area contributed by atoms with E-state index in [0.29, 0.717) is 13.2 Å². The van der Waals surface area contributed by atoms with Gasteiger partial charge in [-0.2, -0.15) is 0 Å². The molecule has 0 atom stereocenters. The third-order valence-electron chi connectivity index (χ3n) is 3.39. The van der Waals surface area contributed by atoms with E-state index in [4.69, 9.17) is 5.11 Å². The number of aromatic nitrogens is 3. The number of hydrogen-bond acceptors (Lipinski definition) is 5. The van der Waals surface area contributed by atoms with Gasteiger partial charge in [-0.15, -0.1) is 10.2 Å². The van der Waals surface area contributed by atoms with Crippen LogP contribution in [0, 0.1) is 6.92 Å². The molecular formula is C14H16N4O2S. The first-order chi connectivity index (χ1) is 10.1. The van der Waals surface area contributed by atoms with Gasteiger partial charge in [0, 0.05) is 12.1 Å². The second-order valence-corrected chi connectivity index (χ2v) is 5.97. The van der Waals surface area contributed by atoms with Crippen molar-refractivity contribution in [1.29, 1.82) is 0 Å². The fraction of sp³-hybridized carbons (Fsp3) is 0.357. The van der Waals surface area contributed by atoms with Crippen LogP contribution in [0.15, 0.2) is 29.4 Å². The average Bonchev–Trinajstić information content (AvgIpc) is 2.89. The predicted octanol–water partition coefficient (Wildman–Crippen LogP) is 2.05. The monoisotopic (exact) mass is 304 g/mol. The van der Waals surface area contributed by atoms with E-state index in [1.54, 1.807) is 11.8 Å². The molecular weight excluding hydrogens is 288 g/mol. The summed E-state index contributed by atoms with van der Waals surface area (Å²) in [6.45, 7) is 3.21. The Labute approximate surface area is 126 Å². The van der Waals surface area contributed by atoms with Gasteiger partial charge in [-0.3, -0.25) is 14.3 Å². The highest BCUT2D eigenvalue weighted by Crippen LogP contribution is 2.28. The van der Waals surface area contributed by atoms with Crippen LogP contribution in [0.5, 0.6) is 0 Å². The van der Waals surface area contributed by atoms with E-state index in [0.717, 1.165) is 22.4 Å². The van der Waals surface area contributed by atoms with E-state index in [2.05, 4.69) is 27.2 Å². The fourth-order valence-electron chi connectivity index (χ4n) is 2.22. The lowest BCUT2D eigenvalue weighted by molar-refractivity contribution is -0.137. The zero-order chi connectivity index (χ0) is 14.8. The number of hydrogen-bond donors (Lipinski definition) is 1. The molecule has 0 radical (unpaired) electrons. The van der Waals surface area contributed by atoms with Crippen LogP contribution in [-0.2, 0) is 11.5 Å². The predicted molar refractivity (Wildman–Crippen MR) is 79.9 cm³/mol. The Morgan fingerprint density at radius 1 is 1.33 bits per heavy atom. The maximum absolute atomic E-state index is 10.7. The number of aliphatic carboxylic acids is 1. The van der Waals surface area contributed by atoms with Crippen molar-refractivity contribution in [2.75, 3.05) is 12.4 Å². The van der Waals surface area contributed by atoms with Crippen molar-refractivity contribution in [2.45, 2.75) is 25.2 Å². The van der Waals surface area contributed by atoms with E-state index in [-0.39, 0.29) is 6.42 Å². The average molecular weight is 304 g/mol. The van der Waals surface area contributed by atoms with Gasteiger partial charge in [0.2, 0.25) is 0 Å². The van der Waals surface area contributed by atoms with Gasteiger partial charge in [0.1, 0.15) is 0 Å². The maximum Gasteiger partial charge on any atom is 0.304 e. The largest absolute Gasteiger partial charge is 0.481 e. The molecule has 0 saturated carbocycles. The van der Waals surface area contributed by atoms with E-state index < -0.39 is 5.97 Å². The lowest BCUT2D eigenvalue weighted by Crippen LogP contribution is -2.32. The van der Waals surface area contributed by atoms with Crippen LogP contribution >= 0.6 is 11.8 Å². The molecule has 0 aliphatic carbocycles. The highest BCUT2D eigenvalue weighted by Gasteiger charge is 2.22. The number of fused-ring (bicyclic) bond motifs is 1. The van der Waals surface area contributed by atoms with E-state index in [1.165, 1.54) is 5.56 Å². The second kappa shape index (κ2) is 5.87. The van der Waals surface area contributed by atoms with Gasteiger partial charge in [-0.1, -0.05) is 41.6 Å². The third-order valence-corrected chi connectivity index (χ3v) is 4.44. The molecule has 2 heterocycles. The summed E-state index contributed by atoms with van der Waals surface area (Å²) in [7, 11) is 0. The van der Waals surface area contributed by atoms with Crippen LogP contribution in [0.3, 0.4) is 0 Å². The highest BCUT2D eigenvalue weighted by atomic mass is 32.2. The van der Waals surface area contributed by atoms with E-state index in [9.17, 15) is 4.79 Å². The molecule has 2 aromatic rings. The number of carboxylic acid groups (broad SMARTS) is 1. The minimum absolute atomic E-state index is 0.151. The lowest BCUT2D eigenvalue weighted by Gasteiger charge is -2.27. The first kappa shape index (κ1) is 14.1. The molecule has 1 aliphatic rings. The summed E-state index contributed by atoms with van der Waals surface area (Å²) >= 11 is 1.59. The molecule has 1 aromatic heterocycles. The summed E-state index contributed by atoms with van der Waals surface area (Å²) in [5, 5.41) is 18.2. The number of thioether (sulfide) groups is 1. The molecule has 1 N–H and O–H groups in total. The van der Waals surface area contributed by atoms with Crippen LogP contribution in [0.2, 0.25) is 0 Å². The van der Waals surface area contributed by atoms with Crippen molar-refractivity contribution >= 4 is 17.7 Å². The van der Waals surface area contributed by atoms with Gasteiger partial charge >= 0.3 is 5.97 Å². The zero-order valence-corrected chi connectivity index (χ0v) is 12.5. The van der Waals surface area contributed by atoms with Crippen molar-refractivity contribution in [2.24, 2.45) is 0 Å². The lowest BCUT2D eigenvalue weighted by atomic mass is 10.1. The van der Waals surface area contributed by atoms with E-state index in [1.807, 2.05) is 23.6 Å². The molecule has 0 fully saturated rings. The Bertz CT molecular complexity index is 653. The Hall–Kier alpha value is -1.86.